The minimum atomic E-state index is -0.788. The molecule has 0 spiro atoms. The molecule has 2 aromatic rings. The van der Waals surface area contributed by atoms with Crippen LogP contribution in [-0.4, -0.2) is 57.6 Å². The molecule has 190 valence electrons. The van der Waals surface area contributed by atoms with Gasteiger partial charge < -0.3 is 19.5 Å². The van der Waals surface area contributed by atoms with Crippen LogP contribution in [0, 0.1) is 5.92 Å². The number of aliphatic carboxylic acids is 1. The highest BCUT2D eigenvalue weighted by atomic mass is 16.6. The van der Waals surface area contributed by atoms with Crippen LogP contribution in [0.1, 0.15) is 63.6 Å². The fourth-order valence-corrected chi connectivity index (χ4v) is 5.30. The van der Waals surface area contributed by atoms with Gasteiger partial charge in [-0.3, -0.25) is 9.48 Å². The molecule has 0 atom stereocenters. The van der Waals surface area contributed by atoms with Gasteiger partial charge in [-0.25, -0.2) is 4.79 Å². The maximum absolute atomic E-state index is 12.4. The molecule has 1 amide bonds. The first-order valence-electron chi connectivity index (χ1n) is 12.5. The summed E-state index contributed by atoms with van der Waals surface area (Å²) in [5.41, 5.74) is 3.50. The highest BCUT2D eigenvalue weighted by Gasteiger charge is 2.51. The fraction of sp³-hybridized carbons (Fsp3) is 0.593. The molecule has 1 aromatic heterocycles. The van der Waals surface area contributed by atoms with E-state index in [4.69, 9.17) is 9.47 Å². The van der Waals surface area contributed by atoms with Crippen molar-refractivity contribution in [3.05, 3.63) is 41.7 Å². The van der Waals surface area contributed by atoms with Crippen LogP contribution in [-0.2, 0) is 33.3 Å². The Morgan fingerprint density at radius 2 is 1.89 bits per heavy atom. The molecule has 5 rings (SSSR count). The number of fused-ring (bicyclic) bond motifs is 3. The van der Waals surface area contributed by atoms with Crippen LogP contribution >= 0.6 is 0 Å². The SMILES string of the molecule is CC(C)CCN(C)C(=O)OCc1c(-c2ccc(C34CCC(CC(=O)O)(CC3)OC4)cc2)cnn1C. The summed E-state index contributed by atoms with van der Waals surface area (Å²) in [5, 5.41) is 13.6. The van der Waals surface area contributed by atoms with E-state index in [9.17, 15) is 14.7 Å². The van der Waals surface area contributed by atoms with E-state index < -0.39 is 11.6 Å². The lowest BCUT2D eigenvalue weighted by Crippen LogP contribution is -2.54. The number of rotatable bonds is 9. The van der Waals surface area contributed by atoms with E-state index in [1.807, 2.05) is 13.2 Å². The van der Waals surface area contributed by atoms with Crippen LogP contribution in [0.5, 0.6) is 0 Å². The average Bonchev–Trinajstić information content (AvgIpc) is 3.21. The molecule has 0 radical (unpaired) electrons. The first-order valence-corrected chi connectivity index (χ1v) is 12.5. The van der Waals surface area contributed by atoms with Crippen molar-refractivity contribution in [2.75, 3.05) is 20.2 Å². The van der Waals surface area contributed by atoms with Crippen molar-refractivity contribution in [2.24, 2.45) is 13.0 Å². The molecule has 2 bridgehead atoms. The van der Waals surface area contributed by atoms with Crippen molar-refractivity contribution < 1.29 is 24.2 Å². The maximum atomic E-state index is 12.4. The Bertz CT molecular complexity index is 1030. The van der Waals surface area contributed by atoms with Crippen LogP contribution in [0.15, 0.2) is 30.5 Å². The van der Waals surface area contributed by atoms with Gasteiger partial charge >= 0.3 is 12.1 Å². The van der Waals surface area contributed by atoms with Crippen LogP contribution in [0.2, 0.25) is 0 Å². The Labute approximate surface area is 207 Å². The number of carboxylic acid groups (broad SMARTS) is 1. The van der Waals surface area contributed by atoms with Crippen molar-refractivity contribution in [3.8, 4) is 11.1 Å². The Morgan fingerprint density at radius 3 is 2.46 bits per heavy atom. The van der Waals surface area contributed by atoms with E-state index in [1.165, 1.54) is 5.56 Å². The second-order valence-electron chi connectivity index (χ2n) is 10.7. The first-order chi connectivity index (χ1) is 16.6. The van der Waals surface area contributed by atoms with Gasteiger partial charge in [-0.05, 0) is 49.1 Å². The molecule has 1 aromatic carbocycles. The fourth-order valence-electron chi connectivity index (χ4n) is 5.30. The summed E-state index contributed by atoms with van der Waals surface area (Å²) < 4.78 is 13.5. The van der Waals surface area contributed by atoms with Crippen LogP contribution in [0.25, 0.3) is 11.1 Å². The largest absolute Gasteiger partial charge is 0.481 e. The van der Waals surface area contributed by atoms with Crippen LogP contribution < -0.4 is 0 Å². The molecular formula is C27H37N3O5. The van der Waals surface area contributed by atoms with Gasteiger partial charge in [-0.15, -0.1) is 0 Å². The number of hydrogen-bond donors (Lipinski definition) is 1. The predicted molar refractivity (Wildman–Crippen MR) is 132 cm³/mol. The number of hydrogen-bond acceptors (Lipinski definition) is 5. The molecule has 1 aliphatic carbocycles. The third-order valence-electron chi connectivity index (χ3n) is 7.80. The topological polar surface area (TPSA) is 93.9 Å². The second kappa shape index (κ2) is 10.0. The highest BCUT2D eigenvalue weighted by molar-refractivity contribution is 5.69. The summed E-state index contributed by atoms with van der Waals surface area (Å²) in [4.78, 5) is 25.3. The Morgan fingerprint density at radius 1 is 1.20 bits per heavy atom. The summed E-state index contributed by atoms with van der Waals surface area (Å²) in [6.07, 6.45) is 5.95. The molecule has 8 nitrogen and oxygen atoms in total. The zero-order valence-corrected chi connectivity index (χ0v) is 21.2. The number of aromatic nitrogens is 2. The van der Waals surface area contributed by atoms with Crippen molar-refractivity contribution >= 4 is 12.1 Å². The summed E-state index contributed by atoms with van der Waals surface area (Å²) in [6.45, 7) is 5.65. The standard InChI is InChI=1S/C27H37N3O5/c1-19(2)9-14-29(3)25(33)34-17-23-22(16-28-30(23)4)20-5-7-21(8-6-20)26-10-12-27(13-11-26,35-18-26)15-24(31)32/h5-8,16,19H,9-15,17-18H2,1-4H3,(H,31,32). The number of carboxylic acids is 1. The highest BCUT2D eigenvalue weighted by Crippen LogP contribution is 2.51. The molecule has 1 N–H and O–H groups in total. The Balaban J connectivity index is 1.43. The second-order valence-corrected chi connectivity index (χ2v) is 10.7. The van der Waals surface area contributed by atoms with Gasteiger partial charge in [0.25, 0.3) is 0 Å². The van der Waals surface area contributed by atoms with Crippen molar-refractivity contribution in [1.29, 1.82) is 0 Å². The molecule has 2 saturated heterocycles. The van der Waals surface area contributed by atoms with Gasteiger partial charge in [0.1, 0.15) is 6.61 Å². The van der Waals surface area contributed by atoms with Gasteiger partial charge in [-0.1, -0.05) is 38.1 Å². The molecule has 3 heterocycles. The Kier molecular flexibility index (Phi) is 7.22. The molecule has 35 heavy (non-hydrogen) atoms. The normalized spacial score (nSPS) is 23.5. The lowest BCUT2D eigenvalue weighted by molar-refractivity contribution is -0.174. The van der Waals surface area contributed by atoms with E-state index in [1.54, 1.807) is 16.6 Å². The summed E-state index contributed by atoms with van der Waals surface area (Å²) in [7, 11) is 3.62. The average molecular weight is 484 g/mol. The van der Waals surface area contributed by atoms with Crippen molar-refractivity contribution in [1.82, 2.24) is 14.7 Å². The Hall–Kier alpha value is -2.87. The third-order valence-corrected chi connectivity index (χ3v) is 7.80. The molecule has 1 saturated carbocycles. The number of aryl methyl sites for hydroxylation is 1. The van der Waals surface area contributed by atoms with Gasteiger partial charge in [-0.2, -0.15) is 5.10 Å². The monoisotopic (exact) mass is 483 g/mol. The number of carbonyl (C=O) groups is 2. The summed E-state index contributed by atoms with van der Waals surface area (Å²) in [6, 6.07) is 8.48. The molecule has 3 aliphatic rings. The maximum Gasteiger partial charge on any atom is 0.409 e. The minimum absolute atomic E-state index is 0.0490. The van der Waals surface area contributed by atoms with Gasteiger partial charge in [0, 0.05) is 31.6 Å². The number of nitrogens with zero attached hydrogens (tertiary/aromatic N) is 3. The number of carbonyl (C=O) groups excluding carboxylic acids is 1. The number of amides is 1. The molecule has 8 heteroatoms. The predicted octanol–water partition coefficient (Wildman–Crippen LogP) is 4.76. The summed E-state index contributed by atoms with van der Waals surface area (Å²) >= 11 is 0. The minimum Gasteiger partial charge on any atom is -0.481 e. The zero-order valence-electron chi connectivity index (χ0n) is 21.2. The summed E-state index contributed by atoms with van der Waals surface area (Å²) in [5.74, 6) is -0.263. The van der Waals surface area contributed by atoms with Gasteiger partial charge in [0.15, 0.2) is 0 Å². The van der Waals surface area contributed by atoms with Crippen molar-refractivity contribution in [3.63, 3.8) is 0 Å². The van der Waals surface area contributed by atoms with E-state index >= 15 is 0 Å². The van der Waals surface area contributed by atoms with E-state index in [2.05, 4.69) is 43.2 Å². The lowest BCUT2D eigenvalue weighted by Gasteiger charge is -2.53. The molecular weight excluding hydrogens is 446 g/mol. The quantitative estimate of drug-likeness (QED) is 0.553. The number of benzene rings is 1. The van der Waals surface area contributed by atoms with Crippen LogP contribution in [0.3, 0.4) is 0 Å². The molecule has 3 fully saturated rings. The zero-order chi connectivity index (χ0) is 25.2. The van der Waals surface area contributed by atoms with Gasteiger partial charge in [0.05, 0.1) is 30.5 Å². The lowest BCUT2D eigenvalue weighted by atomic mass is 9.62. The smallest absolute Gasteiger partial charge is 0.409 e. The third kappa shape index (κ3) is 5.37. The van der Waals surface area contributed by atoms with E-state index in [0.717, 1.165) is 48.9 Å². The van der Waals surface area contributed by atoms with E-state index in [-0.39, 0.29) is 24.5 Å². The molecule has 2 aliphatic heterocycles. The van der Waals surface area contributed by atoms with Gasteiger partial charge in [0.2, 0.25) is 0 Å². The first kappa shape index (κ1) is 25.2. The van der Waals surface area contributed by atoms with E-state index in [0.29, 0.717) is 19.1 Å². The number of ether oxygens (including phenoxy) is 2. The van der Waals surface area contributed by atoms with Crippen molar-refractivity contribution in [2.45, 2.75) is 70.0 Å². The molecule has 0 unspecified atom stereocenters. The van der Waals surface area contributed by atoms with Crippen LogP contribution in [0.4, 0.5) is 4.79 Å².